The molecule has 0 aromatic heterocycles. The predicted molar refractivity (Wildman–Crippen MR) is 41.7 cm³/mol. The van der Waals surface area contributed by atoms with Crippen LogP contribution in [0.25, 0.3) is 0 Å². The molecule has 0 amide bonds. The Balaban J connectivity index is 2.59. The van der Waals surface area contributed by atoms with Gasteiger partial charge in [-0.05, 0) is 25.3 Å². The highest BCUT2D eigenvalue weighted by atomic mass is 32.1. The van der Waals surface area contributed by atoms with Crippen molar-refractivity contribution in [1.82, 2.24) is 0 Å². The van der Waals surface area contributed by atoms with Gasteiger partial charge in [0.05, 0.1) is 6.61 Å². The summed E-state index contributed by atoms with van der Waals surface area (Å²) >= 11 is 4.14. The summed E-state index contributed by atoms with van der Waals surface area (Å²) in [4.78, 5) is 0. The molecule has 0 aliphatic carbocycles. The Morgan fingerprint density at radius 2 is 2.44 bits per heavy atom. The van der Waals surface area contributed by atoms with Crippen molar-refractivity contribution in [2.24, 2.45) is 0 Å². The number of hydrogen-bond acceptors (Lipinski definition) is 2. The fourth-order valence-corrected chi connectivity index (χ4v) is 1.34. The summed E-state index contributed by atoms with van der Waals surface area (Å²) in [6.07, 6.45) is 2.36. The fourth-order valence-electron chi connectivity index (χ4n) is 0.976. The van der Waals surface area contributed by atoms with Crippen molar-refractivity contribution in [2.45, 2.75) is 19.8 Å². The normalized spacial score (nSPS) is 19.8. The monoisotopic (exact) mass is 144 g/mol. The van der Waals surface area contributed by atoms with E-state index in [4.69, 9.17) is 4.74 Å². The van der Waals surface area contributed by atoms with Crippen LogP contribution in [-0.2, 0) is 4.74 Å². The SMILES string of the molecule is CC1=C(CS)OCCC1. The summed E-state index contributed by atoms with van der Waals surface area (Å²) in [5.74, 6) is 1.84. The first-order valence-electron chi connectivity index (χ1n) is 3.27. The van der Waals surface area contributed by atoms with Crippen LogP contribution in [0.3, 0.4) is 0 Å². The van der Waals surface area contributed by atoms with Crippen molar-refractivity contribution in [1.29, 1.82) is 0 Å². The molecule has 0 bridgehead atoms. The van der Waals surface area contributed by atoms with E-state index in [0.29, 0.717) is 0 Å². The lowest BCUT2D eigenvalue weighted by molar-refractivity contribution is 0.191. The number of allylic oxidation sites excluding steroid dienone is 1. The molecular weight excluding hydrogens is 132 g/mol. The van der Waals surface area contributed by atoms with Gasteiger partial charge in [0.1, 0.15) is 5.76 Å². The van der Waals surface area contributed by atoms with Gasteiger partial charge in [-0.2, -0.15) is 12.6 Å². The first-order valence-corrected chi connectivity index (χ1v) is 3.90. The number of thiol groups is 1. The summed E-state index contributed by atoms with van der Waals surface area (Å²) in [5.41, 5.74) is 1.37. The third-order valence-electron chi connectivity index (χ3n) is 1.59. The Kier molecular flexibility index (Phi) is 2.46. The maximum atomic E-state index is 5.34. The maximum Gasteiger partial charge on any atom is 0.104 e. The average Bonchev–Trinajstić information content (AvgIpc) is 1.89. The quantitative estimate of drug-likeness (QED) is 0.554. The molecule has 52 valence electrons. The van der Waals surface area contributed by atoms with Gasteiger partial charge in [-0.15, -0.1) is 0 Å². The molecule has 1 aliphatic rings. The number of ether oxygens (including phenoxy) is 1. The van der Waals surface area contributed by atoms with Gasteiger partial charge in [0.25, 0.3) is 0 Å². The van der Waals surface area contributed by atoms with E-state index in [1.807, 2.05) is 0 Å². The topological polar surface area (TPSA) is 9.23 Å². The molecule has 0 N–H and O–H groups in total. The van der Waals surface area contributed by atoms with Crippen molar-refractivity contribution in [3.05, 3.63) is 11.3 Å². The van der Waals surface area contributed by atoms with Crippen LogP contribution in [0.4, 0.5) is 0 Å². The lowest BCUT2D eigenvalue weighted by Crippen LogP contribution is -2.05. The summed E-state index contributed by atoms with van der Waals surface area (Å²) < 4.78 is 5.34. The second kappa shape index (κ2) is 3.16. The van der Waals surface area contributed by atoms with Crippen molar-refractivity contribution in [2.75, 3.05) is 12.4 Å². The lowest BCUT2D eigenvalue weighted by atomic mass is 10.1. The molecule has 0 aromatic carbocycles. The molecule has 0 aromatic rings. The van der Waals surface area contributed by atoms with Crippen LogP contribution in [0.2, 0.25) is 0 Å². The Labute approximate surface area is 61.5 Å². The Hall–Kier alpha value is -0.110. The highest BCUT2D eigenvalue weighted by Gasteiger charge is 2.07. The average molecular weight is 144 g/mol. The third kappa shape index (κ3) is 1.65. The third-order valence-corrected chi connectivity index (χ3v) is 1.88. The van der Waals surface area contributed by atoms with Crippen LogP contribution in [-0.4, -0.2) is 12.4 Å². The van der Waals surface area contributed by atoms with Crippen LogP contribution in [0.5, 0.6) is 0 Å². The highest BCUT2D eigenvalue weighted by Crippen LogP contribution is 2.18. The van der Waals surface area contributed by atoms with Crippen molar-refractivity contribution >= 4 is 12.6 Å². The predicted octanol–water partition coefficient (Wildman–Crippen LogP) is 2.00. The molecule has 0 fully saturated rings. The lowest BCUT2D eigenvalue weighted by Gasteiger charge is -2.17. The van der Waals surface area contributed by atoms with Gasteiger partial charge in [-0.3, -0.25) is 0 Å². The fraction of sp³-hybridized carbons (Fsp3) is 0.714. The molecule has 1 heterocycles. The van der Waals surface area contributed by atoms with E-state index >= 15 is 0 Å². The van der Waals surface area contributed by atoms with Crippen molar-refractivity contribution in [3.63, 3.8) is 0 Å². The zero-order valence-electron chi connectivity index (χ0n) is 5.68. The first kappa shape index (κ1) is 7.00. The molecule has 1 aliphatic heterocycles. The molecule has 0 saturated carbocycles. The molecule has 0 unspecified atom stereocenters. The maximum absolute atomic E-state index is 5.34. The zero-order chi connectivity index (χ0) is 6.69. The van der Waals surface area contributed by atoms with Gasteiger partial charge in [0.2, 0.25) is 0 Å². The molecule has 0 saturated heterocycles. The second-order valence-electron chi connectivity index (χ2n) is 2.31. The minimum Gasteiger partial charge on any atom is -0.497 e. The second-order valence-corrected chi connectivity index (χ2v) is 2.63. The van der Waals surface area contributed by atoms with E-state index < -0.39 is 0 Å². The van der Waals surface area contributed by atoms with Crippen molar-refractivity contribution in [3.8, 4) is 0 Å². The molecule has 2 heteroatoms. The molecule has 1 nitrogen and oxygen atoms in total. The smallest absolute Gasteiger partial charge is 0.104 e. The van der Waals surface area contributed by atoms with Gasteiger partial charge in [0, 0.05) is 5.75 Å². The van der Waals surface area contributed by atoms with E-state index in [1.54, 1.807) is 0 Å². The zero-order valence-corrected chi connectivity index (χ0v) is 6.58. The van der Waals surface area contributed by atoms with Gasteiger partial charge in [-0.25, -0.2) is 0 Å². The van der Waals surface area contributed by atoms with E-state index in [0.717, 1.165) is 18.1 Å². The minimum atomic E-state index is 0.756. The van der Waals surface area contributed by atoms with Crippen LogP contribution in [0, 0.1) is 0 Å². The van der Waals surface area contributed by atoms with E-state index in [2.05, 4.69) is 19.6 Å². The van der Waals surface area contributed by atoms with Crippen molar-refractivity contribution < 1.29 is 4.74 Å². The first-order chi connectivity index (χ1) is 4.34. The van der Waals surface area contributed by atoms with Crippen LogP contribution in [0.1, 0.15) is 19.8 Å². The highest BCUT2D eigenvalue weighted by molar-refractivity contribution is 7.80. The molecule has 0 atom stereocenters. The van der Waals surface area contributed by atoms with Crippen LogP contribution in [0.15, 0.2) is 11.3 Å². The number of rotatable bonds is 1. The minimum absolute atomic E-state index is 0.756. The summed E-state index contributed by atoms with van der Waals surface area (Å²) in [5, 5.41) is 0. The largest absolute Gasteiger partial charge is 0.497 e. The molecule has 9 heavy (non-hydrogen) atoms. The van der Waals surface area contributed by atoms with Crippen LogP contribution < -0.4 is 0 Å². The molecular formula is C7H12OS. The molecule has 0 radical (unpaired) electrons. The summed E-state index contributed by atoms with van der Waals surface area (Å²) in [6.45, 7) is 3.00. The van der Waals surface area contributed by atoms with E-state index in [9.17, 15) is 0 Å². The molecule has 1 rings (SSSR count). The summed E-state index contributed by atoms with van der Waals surface area (Å²) in [6, 6.07) is 0. The van der Waals surface area contributed by atoms with Gasteiger partial charge in [-0.1, -0.05) is 0 Å². The Morgan fingerprint density at radius 3 is 2.89 bits per heavy atom. The molecule has 0 spiro atoms. The standard InChI is InChI=1S/C7H12OS/c1-6-3-2-4-8-7(6)5-9/h9H,2-5H2,1H3. The van der Waals surface area contributed by atoms with Gasteiger partial charge < -0.3 is 4.74 Å². The van der Waals surface area contributed by atoms with E-state index in [1.165, 1.54) is 18.4 Å². The number of hydrogen-bond donors (Lipinski definition) is 1. The van der Waals surface area contributed by atoms with E-state index in [-0.39, 0.29) is 0 Å². The van der Waals surface area contributed by atoms with Crippen LogP contribution >= 0.6 is 12.6 Å². The van der Waals surface area contributed by atoms with Gasteiger partial charge in [0.15, 0.2) is 0 Å². The Morgan fingerprint density at radius 1 is 1.67 bits per heavy atom. The summed E-state index contributed by atoms with van der Waals surface area (Å²) in [7, 11) is 0. The van der Waals surface area contributed by atoms with Gasteiger partial charge >= 0.3 is 0 Å². The Bertz CT molecular complexity index is 129.